The van der Waals surface area contributed by atoms with Gasteiger partial charge in [-0.05, 0) is 45.7 Å². The van der Waals surface area contributed by atoms with Gasteiger partial charge in [0.2, 0.25) is 0 Å². The lowest BCUT2D eigenvalue weighted by Gasteiger charge is -2.14. The third-order valence-corrected chi connectivity index (χ3v) is 5.12. The van der Waals surface area contributed by atoms with E-state index in [0.717, 1.165) is 48.1 Å². The monoisotopic (exact) mass is 279 g/mol. The lowest BCUT2D eigenvalue weighted by atomic mass is 10.3. The zero-order chi connectivity index (χ0) is 13.2. The zero-order valence-electron chi connectivity index (χ0n) is 11.5. The molecular formula is C14H21N3OS. The van der Waals surface area contributed by atoms with Crippen molar-refractivity contribution in [1.82, 2.24) is 14.8 Å². The van der Waals surface area contributed by atoms with Gasteiger partial charge in [0, 0.05) is 13.1 Å². The van der Waals surface area contributed by atoms with Crippen LogP contribution in [0.1, 0.15) is 46.1 Å². The van der Waals surface area contributed by atoms with Crippen LogP contribution in [-0.4, -0.2) is 46.9 Å². The molecular weight excluding hydrogens is 258 g/mol. The van der Waals surface area contributed by atoms with Crippen LogP contribution in [0.4, 0.5) is 0 Å². The van der Waals surface area contributed by atoms with E-state index in [2.05, 4.69) is 9.88 Å². The molecule has 2 fully saturated rings. The number of carbonyl (C=O) groups is 1. The van der Waals surface area contributed by atoms with Gasteiger partial charge in [-0.3, -0.25) is 9.69 Å². The van der Waals surface area contributed by atoms with Gasteiger partial charge >= 0.3 is 0 Å². The fourth-order valence-electron chi connectivity index (χ4n) is 2.91. The molecule has 3 heterocycles. The largest absolute Gasteiger partial charge is 0.338 e. The molecule has 2 aliphatic rings. The molecule has 0 atom stereocenters. The molecule has 0 N–H and O–H groups in total. The first-order chi connectivity index (χ1) is 9.24. The van der Waals surface area contributed by atoms with Crippen LogP contribution in [-0.2, 0) is 6.54 Å². The normalized spacial score (nSPS) is 20.4. The number of nitrogens with zero attached hydrogens (tertiary/aromatic N) is 3. The van der Waals surface area contributed by atoms with Gasteiger partial charge in [0.1, 0.15) is 9.88 Å². The second kappa shape index (κ2) is 5.59. The summed E-state index contributed by atoms with van der Waals surface area (Å²) in [6.07, 6.45) is 4.88. The minimum atomic E-state index is 0.195. The number of carbonyl (C=O) groups excluding carboxylic acids is 1. The Kier molecular flexibility index (Phi) is 3.84. The van der Waals surface area contributed by atoms with Crippen LogP contribution in [0.15, 0.2) is 0 Å². The van der Waals surface area contributed by atoms with Crippen molar-refractivity contribution >= 4 is 17.2 Å². The maximum Gasteiger partial charge on any atom is 0.265 e. The average Bonchev–Trinajstić information content (AvgIpc) is 3.10. The molecule has 0 aliphatic carbocycles. The Bertz CT molecular complexity index is 459. The molecule has 0 unspecified atom stereocenters. The summed E-state index contributed by atoms with van der Waals surface area (Å²) in [5, 5.41) is 1.10. The molecule has 5 heteroatoms. The third-order valence-electron chi connectivity index (χ3n) is 3.99. The van der Waals surface area contributed by atoms with Crippen LogP contribution >= 0.6 is 11.3 Å². The lowest BCUT2D eigenvalue weighted by Crippen LogP contribution is -2.27. The van der Waals surface area contributed by atoms with E-state index >= 15 is 0 Å². The second-order valence-electron chi connectivity index (χ2n) is 5.50. The van der Waals surface area contributed by atoms with Crippen molar-refractivity contribution < 1.29 is 4.79 Å². The fourth-order valence-corrected chi connectivity index (χ4v) is 3.99. The van der Waals surface area contributed by atoms with Gasteiger partial charge in [0.15, 0.2) is 0 Å². The molecule has 0 bridgehead atoms. The van der Waals surface area contributed by atoms with Crippen molar-refractivity contribution in [2.24, 2.45) is 0 Å². The van der Waals surface area contributed by atoms with E-state index in [0.29, 0.717) is 0 Å². The molecule has 2 aliphatic heterocycles. The molecule has 0 aromatic carbocycles. The molecule has 1 aromatic heterocycles. The van der Waals surface area contributed by atoms with Crippen molar-refractivity contribution in [3.8, 4) is 0 Å². The predicted octanol–water partition coefficient (Wildman–Crippen LogP) is 2.28. The van der Waals surface area contributed by atoms with Crippen molar-refractivity contribution in [1.29, 1.82) is 0 Å². The highest BCUT2D eigenvalue weighted by Gasteiger charge is 2.24. The Morgan fingerprint density at radius 2 is 1.79 bits per heavy atom. The summed E-state index contributed by atoms with van der Waals surface area (Å²) in [6.45, 7) is 7.06. The topological polar surface area (TPSA) is 36.4 Å². The molecule has 2 saturated heterocycles. The van der Waals surface area contributed by atoms with Gasteiger partial charge in [-0.15, -0.1) is 11.3 Å². The smallest absolute Gasteiger partial charge is 0.265 e. The summed E-state index contributed by atoms with van der Waals surface area (Å²) in [6, 6.07) is 0. The first-order valence-electron chi connectivity index (χ1n) is 7.22. The van der Waals surface area contributed by atoms with E-state index in [1.54, 1.807) is 11.3 Å². The summed E-state index contributed by atoms with van der Waals surface area (Å²) >= 11 is 1.60. The number of rotatable bonds is 3. The number of hydrogen-bond donors (Lipinski definition) is 0. The SMILES string of the molecule is Cc1nc(CN2CCCC2)sc1C(=O)N1CCCC1. The molecule has 19 heavy (non-hydrogen) atoms. The standard InChI is InChI=1S/C14H21N3OS/c1-11-13(14(18)17-8-4-5-9-17)19-12(15-11)10-16-6-2-3-7-16/h2-10H2,1H3. The highest BCUT2D eigenvalue weighted by Crippen LogP contribution is 2.24. The van der Waals surface area contributed by atoms with Crippen molar-refractivity contribution in [3.05, 3.63) is 15.6 Å². The zero-order valence-corrected chi connectivity index (χ0v) is 12.3. The molecule has 3 rings (SSSR count). The fraction of sp³-hybridized carbons (Fsp3) is 0.714. The third kappa shape index (κ3) is 2.82. The van der Waals surface area contributed by atoms with E-state index in [1.165, 1.54) is 25.9 Å². The Morgan fingerprint density at radius 3 is 2.47 bits per heavy atom. The minimum Gasteiger partial charge on any atom is -0.338 e. The first-order valence-corrected chi connectivity index (χ1v) is 8.03. The summed E-state index contributed by atoms with van der Waals surface area (Å²) < 4.78 is 0. The summed E-state index contributed by atoms with van der Waals surface area (Å²) in [7, 11) is 0. The average molecular weight is 279 g/mol. The van der Waals surface area contributed by atoms with Gasteiger partial charge in [-0.1, -0.05) is 0 Å². The molecule has 0 radical (unpaired) electrons. The minimum absolute atomic E-state index is 0.195. The van der Waals surface area contributed by atoms with Crippen molar-refractivity contribution in [3.63, 3.8) is 0 Å². The predicted molar refractivity (Wildman–Crippen MR) is 76.5 cm³/mol. The summed E-state index contributed by atoms with van der Waals surface area (Å²) in [4.78, 5) is 22.3. The van der Waals surface area contributed by atoms with E-state index in [4.69, 9.17) is 0 Å². The summed E-state index contributed by atoms with van der Waals surface area (Å²) in [5.41, 5.74) is 0.913. The Labute approximate surface area is 118 Å². The maximum absolute atomic E-state index is 12.4. The lowest BCUT2D eigenvalue weighted by molar-refractivity contribution is 0.0796. The van der Waals surface area contributed by atoms with Crippen LogP contribution in [0, 0.1) is 6.92 Å². The van der Waals surface area contributed by atoms with E-state index in [1.807, 2.05) is 11.8 Å². The second-order valence-corrected chi connectivity index (χ2v) is 6.59. The number of amides is 1. The number of hydrogen-bond acceptors (Lipinski definition) is 4. The van der Waals surface area contributed by atoms with Crippen molar-refractivity contribution in [2.75, 3.05) is 26.2 Å². The Morgan fingerprint density at radius 1 is 1.16 bits per heavy atom. The highest BCUT2D eigenvalue weighted by atomic mass is 32.1. The van der Waals surface area contributed by atoms with Gasteiger partial charge in [0.05, 0.1) is 12.2 Å². The van der Waals surface area contributed by atoms with Crippen LogP contribution < -0.4 is 0 Å². The first kappa shape index (κ1) is 13.1. The highest BCUT2D eigenvalue weighted by molar-refractivity contribution is 7.13. The number of aromatic nitrogens is 1. The number of thiazole rings is 1. The molecule has 0 saturated carbocycles. The molecule has 1 aromatic rings. The molecule has 4 nitrogen and oxygen atoms in total. The number of aryl methyl sites for hydroxylation is 1. The van der Waals surface area contributed by atoms with E-state index in [-0.39, 0.29) is 5.91 Å². The molecule has 1 amide bonds. The Hall–Kier alpha value is -0.940. The quantitative estimate of drug-likeness (QED) is 0.851. The summed E-state index contributed by atoms with van der Waals surface area (Å²) in [5.74, 6) is 0.195. The van der Waals surface area contributed by atoms with Gasteiger partial charge < -0.3 is 4.90 Å². The van der Waals surface area contributed by atoms with Crippen LogP contribution in [0.5, 0.6) is 0 Å². The molecule has 104 valence electrons. The Balaban J connectivity index is 1.71. The maximum atomic E-state index is 12.4. The number of likely N-dealkylation sites (tertiary alicyclic amines) is 2. The van der Waals surface area contributed by atoms with Crippen LogP contribution in [0.3, 0.4) is 0 Å². The molecule has 0 spiro atoms. The van der Waals surface area contributed by atoms with E-state index < -0.39 is 0 Å². The van der Waals surface area contributed by atoms with Gasteiger partial charge in [0.25, 0.3) is 5.91 Å². The van der Waals surface area contributed by atoms with Crippen LogP contribution in [0.25, 0.3) is 0 Å². The van der Waals surface area contributed by atoms with Gasteiger partial charge in [-0.25, -0.2) is 4.98 Å². The van der Waals surface area contributed by atoms with Gasteiger partial charge in [-0.2, -0.15) is 0 Å². The van der Waals surface area contributed by atoms with E-state index in [9.17, 15) is 4.79 Å². The van der Waals surface area contributed by atoms with Crippen molar-refractivity contribution in [2.45, 2.75) is 39.2 Å². The van der Waals surface area contributed by atoms with Crippen LogP contribution in [0.2, 0.25) is 0 Å².